The summed E-state index contributed by atoms with van der Waals surface area (Å²) in [4.78, 5) is 32.8. The normalized spacial score (nSPS) is 21.6. The fourth-order valence-corrected chi connectivity index (χ4v) is 1.47. The molecule has 1 saturated carbocycles. The van der Waals surface area contributed by atoms with Crippen LogP contribution >= 0.6 is 0 Å². The Bertz CT molecular complexity index is 245. The van der Waals surface area contributed by atoms with Crippen molar-refractivity contribution in [3.63, 3.8) is 0 Å². The molecule has 0 unspecified atom stereocenters. The summed E-state index contributed by atoms with van der Waals surface area (Å²) >= 11 is 0. The summed E-state index contributed by atoms with van der Waals surface area (Å²) in [5, 5.41) is 8.54. The van der Waals surface area contributed by atoms with Crippen LogP contribution in [-0.2, 0) is 14.4 Å². The highest BCUT2D eigenvalue weighted by Crippen LogP contribution is 2.19. The van der Waals surface area contributed by atoms with E-state index in [9.17, 15) is 14.4 Å². The molecule has 5 nitrogen and oxygen atoms in total. The summed E-state index contributed by atoms with van der Waals surface area (Å²) in [6.07, 6.45) is 1.04. The number of carbonyl (C=O) groups excluding carboxylic acids is 2. The minimum Gasteiger partial charge on any atom is -0.480 e. The van der Waals surface area contributed by atoms with Crippen molar-refractivity contribution in [2.45, 2.75) is 25.3 Å². The predicted molar refractivity (Wildman–Crippen MR) is 43.0 cm³/mol. The molecule has 3 N–H and O–H groups in total. The van der Waals surface area contributed by atoms with E-state index < -0.39 is 17.9 Å². The van der Waals surface area contributed by atoms with E-state index in [1.165, 1.54) is 0 Å². The zero-order valence-corrected chi connectivity index (χ0v) is 7.03. The molecule has 72 valence electrons. The Labute approximate surface area is 74.9 Å². The van der Waals surface area contributed by atoms with Gasteiger partial charge in [0.15, 0.2) is 0 Å². The van der Waals surface area contributed by atoms with Crippen LogP contribution in [0.2, 0.25) is 0 Å². The van der Waals surface area contributed by atoms with E-state index in [1.54, 1.807) is 0 Å². The van der Waals surface area contributed by atoms with E-state index >= 15 is 0 Å². The molecular formula is C8H11NO4. The Morgan fingerprint density at radius 2 is 1.85 bits per heavy atom. The first-order chi connectivity index (χ1) is 6.04. The van der Waals surface area contributed by atoms with Gasteiger partial charge in [-0.1, -0.05) is 0 Å². The molecule has 1 rings (SSSR count). The lowest BCUT2D eigenvalue weighted by molar-refractivity contribution is -0.147. The fraction of sp³-hybridized carbons (Fsp3) is 0.625. The van der Waals surface area contributed by atoms with Gasteiger partial charge < -0.3 is 10.8 Å². The van der Waals surface area contributed by atoms with Gasteiger partial charge in [0.2, 0.25) is 0 Å². The van der Waals surface area contributed by atoms with Crippen molar-refractivity contribution in [1.29, 1.82) is 0 Å². The number of hydrogen-bond acceptors (Lipinski definition) is 4. The molecule has 1 aliphatic rings. The van der Waals surface area contributed by atoms with Crippen molar-refractivity contribution >= 4 is 17.5 Å². The third kappa shape index (κ3) is 1.92. The Balaban J connectivity index is 2.80. The molecule has 0 aromatic heterocycles. The van der Waals surface area contributed by atoms with Crippen molar-refractivity contribution in [1.82, 2.24) is 0 Å². The first-order valence-electron chi connectivity index (χ1n) is 4.08. The highest BCUT2D eigenvalue weighted by Gasteiger charge is 2.38. The third-order valence-corrected chi connectivity index (χ3v) is 2.18. The number of aliphatic carboxylic acids is 1. The molecule has 0 aliphatic heterocycles. The second kappa shape index (κ2) is 3.66. The van der Waals surface area contributed by atoms with Gasteiger partial charge in [0, 0.05) is 12.8 Å². The number of carbonyl (C=O) groups is 3. The Morgan fingerprint density at radius 1 is 1.38 bits per heavy atom. The third-order valence-electron chi connectivity index (χ3n) is 2.18. The Hall–Kier alpha value is -1.23. The van der Waals surface area contributed by atoms with Gasteiger partial charge in [-0.15, -0.1) is 0 Å². The molecule has 0 bridgehead atoms. The van der Waals surface area contributed by atoms with E-state index in [-0.39, 0.29) is 24.4 Å². The maximum atomic E-state index is 11.2. The monoisotopic (exact) mass is 185 g/mol. The van der Waals surface area contributed by atoms with Crippen LogP contribution in [0.25, 0.3) is 0 Å². The molecule has 1 fully saturated rings. The second-order valence-corrected chi connectivity index (χ2v) is 3.13. The van der Waals surface area contributed by atoms with Gasteiger partial charge in [-0.25, -0.2) is 0 Å². The van der Waals surface area contributed by atoms with Crippen LogP contribution in [0.5, 0.6) is 0 Å². The molecule has 0 amide bonds. The summed E-state index contributed by atoms with van der Waals surface area (Å²) in [5.74, 6) is -3.10. The minimum atomic E-state index is -1.37. The molecule has 0 spiro atoms. The van der Waals surface area contributed by atoms with Crippen molar-refractivity contribution in [2.24, 2.45) is 11.7 Å². The van der Waals surface area contributed by atoms with Crippen LogP contribution in [-0.4, -0.2) is 28.7 Å². The molecule has 13 heavy (non-hydrogen) atoms. The van der Waals surface area contributed by atoms with Crippen LogP contribution < -0.4 is 5.73 Å². The Kier molecular flexibility index (Phi) is 2.77. The number of nitrogens with two attached hydrogens (primary N) is 1. The average Bonchev–Trinajstić information content (AvgIpc) is 2.03. The van der Waals surface area contributed by atoms with Gasteiger partial charge >= 0.3 is 5.97 Å². The largest absolute Gasteiger partial charge is 0.480 e. The van der Waals surface area contributed by atoms with Gasteiger partial charge in [0.1, 0.15) is 23.5 Å². The highest BCUT2D eigenvalue weighted by atomic mass is 16.4. The van der Waals surface area contributed by atoms with Crippen molar-refractivity contribution in [3.8, 4) is 0 Å². The van der Waals surface area contributed by atoms with Crippen molar-refractivity contribution in [3.05, 3.63) is 0 Å². The highest BCUT2D eigenvalue weighted by molar-refractivity contribution is 6.07. The molecule has 0 saturated heterocycles. The van der Waals surface area contributed by atoms with E-state index in [0.717, 1.165) is 0 Å². The summed E-state index contributed by atoms with van der Waals surface area (Å²) in [5.41, 5.74) is 5.23. The number of hydrogen-bond donors (Lipinski definition) is 2. The van der Waals surface area contributed by atoms with Crippen LogP contribution in [0.1, 0.15) is 19.3 Å². The standard InChI is InChI=1S/C8H11NO4/c9-7(8(12)13)6-4(10)2-1-3-5(6)11/h6-7H,1-3,9H2,(H,12,13)/t7-/m0/s1. The lowest BCUT2D eigenvalue weighted by atomic mass is 9.82. The zero-order chi connectivity index (χ0) is 10.0. The second-order valence-electron chi connectivity index (χ2n) is 3.13. The molecule has 0 aromatic rings. The number of ketones is 2. The van der Waals surface area contributed by atoms with Gasteiger partial charge in [-0.3, -0.25) is 14.4 Å². The fourth-order valence-electron chi connectivity index (χ4n) is 1.47. The summed E-state index contributed by atoms with van der Waals surface area (Å²) in [7, 11) is 0. The number of carboxylic acids is 1. The van der Waals surface area contributed by atoms with Crippen LogP contribution in [0.15, 0.2) is 0 Å². The summed E-state index contributed by atoms with van der Waals surface area (Å²) in [6, 6.07) is -1.37. The quantitative estimate of drug-likeness (QED) is 0.556. The number of carboxylic acid groups (broad SMARTS) is 1. The van der Waals surface area contributed by atoms with Gasteiger partial charge in [-0.2, -0.15) is 0 Å². The SMILES string of the molecule is N[C@H](C(=O)O)C1C(=O)CCCC1=O. The van der Waals surface area contributed by atoms with Crippen molar-refractivity contribution in [2.75, 3.05) is 0 Å². The smallest absolute Gasteiger partial charge is 0.321 e. The lowest BCUT2D eigenvalue weighted by Crippen LogP contribution is -2.47. The summed E-state index contributed by atoms with van der Waals surface area (Å²) in [6.45, 7) is 0. The molecular weight excluding hydrogens is 174 g/mol. The maximum absolute atomic E-state index is 11.2. The topological polar surface area (TPSA) is 97.5 Å². The molecule has 0 aromatic carbocycles. The van der Waals surface area contributed by atoms with Crippen molar-refractivity contribution < 1.29 is 19.5 Å². The van der Waals surface area contributed by atoms with Crippen LogP contribution in [0.3, 0.4) is 0 Å². The number of rotatable bonds is 2. The molecule has 1 aliphatic carbocycles. The first kappa shape index (κ1) is 9.85. The zero-order valence-electron chi connectivity index (χ0n) is 7.03. The van der Waals surface area contributed by atoms with E-state index in [1.807, 2.05) is 0 Å². The Morgan fingerprint density at radius 3 is 2.23 bits per heavy atom. The minimum absolute atomic E-state index is 0.261. The van der Waals surface area contributed by atoms with E-state index in [4.69, 9.17) is 10.8 Å². The lowest BCUT2D eigenvalue weighted by Gasteiger charge is -2.21. The van der Waals surface area contributed by atoms with Crippen LogP contribution in [0, 0.1) is 5.92 Å². The molecule has 5 heteroatoms. The molecule has 0 heterocycles. The predicted octanol–water partition coefficient (Wildman–Crippen LogP) is -0.663. The molecule has 1 atom stereocenters. The molecule has 0 radical (unpaired) electrons. The van der Waals surface area contributed by atoms with E-state index in [2.05, 4.69) is 0 Å². The van der Waals surface area contributed by atoms with Gasteiger partial charge in [-0.05, 0) is 6.42 Å². The summed E-state index contributed by atoms with van der Waals surface area (Å²) < 4.78 is 0. The average molecular weight is 185 g/mol. The van der Waals surface area contributed by atoms with E-state index in [0.29, 0.717) is 6.42 Å². The van der Waals surface area contributed by atoms with Gasteiger partial charge in [0.25, 0.3) is 0 Å². The number of Topliss-reactive ketones (excluding diaryl/α,β-unsaturated/α-hetero) is 2. The van der Waals surface area contributed by atoms with Gasteiger partial charge in [0.05, 0.1) is 0 Å². The maximum Gasteiger partial charge on any atom is 0.321 e. The van der Waals surface area contributed by atoms with Crippen LogP contribution in [0.4, 0.5) is 0 Å². The first-order valence-corrected chi connectivity index (χ1v) is 4.08.